The van der Waals surface area contributed by atoms with Crippen molar-refractivity contribution in [3.8, 4) is 22.6 Å². The van der Waals surface area contributed by atoms with Crippen molar-refractivity contribution in [1.29, 1.82) is 0 Å². The number of hydrogen-bond donors (Lipinski definition) is 1. The van der Waals surface area contributed by atoms with Crippen molar-refractivity contribution >= 4 is 32.8 Å². The van der Waals surface area contributed by atoms with Gasteiger partial charge in [-0.3, -0.25) is 0 Å². The first kappa shape index (κ1) is 22.2. The maximum Gasteiger partial charge on any atom is 0.586 e. The van der Waals surface area contributed by atoms with Crippen molar-refractivity contribution in [2.75, 3.05) is 18.8 Å². The molecule has 6 rings (SSSR count). The summed E-state index contributed by atoms with van der Waals surface area (Å²) in [5.41, 5.74) is 4.18. The molecule has 35 heavy (non-hydrogen) atoms. The summed E-state index contributed by atoms with van der Waals surface area (Å²) in [4.78, 5) is 7.65. The molecule has 5 heterocycles. The molecule has 0 aliphatic carbocycles. The van der Waals surface area contributed by atoms with Gasteiger partial charge >= 0.3 is 6.29 Å². The van der Waals surface area contributed by atoms with Crippen LogP contribution in [0.25, 0.3) is 27.7 Å². The van der Waals surface area contributed by atoms with Crippen molar-refractivity contribution in [3.63, 3.8) is 0 Å². The largest absolute Gasteiger partial charge is 0.586 e. The normalized spacial score (nSPS) is 20.0. The molecule has 3 aliphatic rings. The topological polar surface area (TPSA) is 87.5 Å². The molecule has 0 spiro atoms. The fourth-order valence-electron chi connectivity index (χ4n) is 4.79. The van der Waals surface area contributed by atoms with E-state index in [9.17, 15) is 17.2 Å². The second kappa shape index (κ2) is 7.85. The quantitative estimate of drug-likeness (QED) is 0.538. The Morgan fingerprint density at radius 1 is 1.17 bits per heavy atom. The number of hydrogen-bond acceptors (Lipinski definition) is 5. The number of nitrogens with one attached hydrogen (secondary N) is 1. The van der Waals surface area contributed by atoms with Gasteiger partial charge in [0.25, 0.3) is 0 Å². The Kier molecular flexibility index (Phi) is 4.98. The summed E-state index contributed by atoms with van der Waals surface area (Å²) in [5.74, 6) is 0.131. The Balaban J connectivity index is 1.20. The van der Waals surface area contributed by atoms with Gasteiger partial charge in [0, 0.05) is 54.8 Å². The summed E-state index contributed by atoms with van der Waals surface area (Å²) < 4.78 is 63.8. The van der Waals surface area contributed by atoms with Crippen LogP contribution in [0.3, 0.4) is 0 Å². The SMILES string of the molecule is CCS(=O)(=O)N1CCC([N+]2=CC(c3cnc4[nH]cc(-c5ccc6c(c5)OC(F)(F)O6)c4c3)=C2)CC1. The molecule has 2 aromatic heterocycles. The van der Waals surface area contributed by atoms with Crippen LogP contribution in [0.15, 0.2) is 42.9 Å². The third kappa shape index (κ3) is 3.88. The maximum atomic E-state index is 13.4. The number of sulfonamides is 1. The lowest BCUT2D eigenvalue weighted by molar-refractivity contribution is -0.506. The third-order valence-electron chi connectivity index (χ3n) is 6.76. The van der Waals surface area contributed by atoms with Crippen LogP contribution in [0, 0.1) is 0 Å². The van der Waals surface area contributed by atoms with Gasteiger partial charge in [-0.2, -0.15) is 0 Å². The number of halogens is 2. The molecule has 1 N–H and O–H groups in total. The van der Waals surface area contributed by atoms with E-state index in [1.54, 1.807) is 29.7 Å². The lowest BCUT2D eigenvalue weighted by Gasteiger charge is -2.29. The number of pyridine rings is 1. The molecule has 3 aromatic rings. The van der Waals surface area contributed by atoms with E-state index in [2.05, 4.69) is 36.4 Å². The number of H-pyrrole nitrogens is 1. The van der Waals surface area contributed by atoms with Crippen LogP contribution in [0.2, 0.25) is 0 Å². The Morgan fingerprint density at radius 3 is 2.66 bits per heavy atom. The number of fused-ring (bicyclic) bond motifs is 2. The number of ether oxygens (including phenoxy) is 2. The van der Waals surface area contributed by atoms with E-state index >= 15 is 0 Å². The molecule has 1 fully saturated rings. The Bertz CT molecular complexity index is 1500. The van der Waals surface area contributed by atoms with Crippen LogP contribution in [-0.4, -0.2) is 64.7 Å². The van der Waals surface area contributed by atoms with E-state index < -0.39 is 16.3 Å². The van der Waals surface area contributed by atoms with Crippen molar-refractivity contribution < 1.29 is 31.2 Å². The van der Waals surface area contributed by atoms with Crippen LogP contribution >= 0.6 is 0 Å². The number of aromatic amines is 1. The molecule has 3 aliphatic heterocycles. The summed E-state index contributed by atoms with van der Waals surface area (Å²) in [7, 11) is -3.14. The molecular weight excluding hydrogens is 478 g/mol. The van der Waals surface area contributed by atoms with Crippen LogP contribution in [0.5, 0.6) is 11.5 Å². The van der Waals surface area contributed by atoms with E-state index in [-0.39, 0.29) is 23.3 Å². The third-order valence-corrected chi connectivity index (χ3v) is 8.64. The smallest absolute Gasteiger partial charge is 0.395 e. The minimum absolute atomic E-state index is 0.00449. The predicted molar refractivity (Wildman–Crippen MR) is 126 cm³/mol. The fraction of sp³-hybridized carbons (Fsp3) is 0.333. The highest BCUT2D eigenvalue weighted by Gasteiger charge is 2.43. The molecule has 0 amide bonds. The average Bonchev–Trinajstić information content (AvgIpc) is 3.36. The number of aromatic nitrogens is 2. The average molecular weight is 502 g/mol. The molecule has 0 saturated carbocycles. The standard InChI is InChI=1S/C24H23F2N4O4S/c1-2-35(31,32)30-7-5-18(6-8-30)29-13-17(14-29)16-9-19-20(12-28-23(19)27-11-16)15-3-4-21-22(10-15)34-24(25,26)33-21/h3-4,9-14,18H,2,5-8H2,1H3,(H,27,28)/q+1. The molecular formula is C24H23F2N4O4S+. The first-order valence-corrected chi connectivity index (χ1v) is 13.0. The van der Waals surface area contributed by atoms with Gasteiger partial charge in [-0.05, 0) is 30.7 Å². The van der Waals surface area contributed by atoms with Crippen molar-refractivity contribution in [3.05, 3.63) is 48.4 Å². The molecule has 0 radical (unpaired) electrons. The van der Waals surface area contributed by atoms with Gasteiger partial charge in [0.1, 0.15) is 11.2 Å². The van der Waals surface area contributed by atoms with Gasteiger partial charge in [-0.1, -0.05) is 6.07 Å². The lowest BCUT2D eigenvalue weighted by Crippen LogP contribution is -2.44. The Labute approximate surface area is 200 Å². The maximum absolute atomic E-state index is 13.4. The van der Waals surface area contributed by atoms with Gasteiger partial charge in [0.2, 0.25) is 10.0 Å². The van der Waals surface area contributed by atoms with E-state index in [4.69, 9.17) is 0 Å². The first-order chi connectivity index (χ1) is 16.7. The number of piperidine rings is 1. The summed E-state index contributed by atoms with van der Waals surface area (Å²) in [6.45, 7) is 2.75. The van der Waals surface area contributed by atoms with Gasteiger partial charge in [0.15, 0.2) is 30.0 Å². The van der Waals surface area contributed by atoms with Crippen molar-refractivity contribution in [2.24, 2.45) is 0 Å². The fourth-order valence-corrected chi connectivity index (χ4v) is 5.92. The van der Waals surface area contributed by atoms with Crippen LogP contribution in [0.4, 0.5) is 8.78 Å². The molecule has 0 bridgehead atoms. The number of alkyl halides is 2. The van der Waals surface area contributed by atoms with Gasteiger partial charge in [-0.25, -0.2) is 22.3 Å². The predicted octanol–water partition coefficient (Wildman–Crippen LogP) is 3.80. The van der Waals surface area contributed by atoms with Crippen LogP contribution < -0.4 is 9.47 Å². The molecule has 11 heteroatoms. The van der Waals surface area contributed by atoms with E-state index in [1.165, 1.54) is 12.1 Å². The second-order valence-corrected chi connectivity index (χ2v) is 11.1. The number of allylic oxidation sites excluding steroid dienone is 1. The molecule has 0 atom stereocenters. The first-order valence-electron chi connectivity index (χ1n) is 11.4. The number of nitrogens with zero attached hydrogens (tertiary/aromatic N) is 3. The lowest BCUT2D eigenvalue weighted by atomic mass is 9.99. The zero-order chi connectivity index (χ0) is 24.4. The minimum Gasteiger partial charge on any atom is -0.395 e. The monoisotopic (exact) mass is 501 g/mol. The summed E-state index contributed by atoms with van der Waals surface area (Å²) in [6.07, 6.45) is 5.61. The molecule has 8 nitrogen and oxygen atoms in total. The molecule has 1 saturated heterocycles. The van der Waals surface area contributed by atoms with Crippen molar-refractivity contribution in [1.82, 2.24) is 14.3 Å². The highest BCUT2D eigenvalue weighted by atomic mass is 32.2. The molecule has 182 valence electrons. The zero-order valence-corrected chi connectivity index (χ0v) is 19.7. The van der Waals surface area contributed by atoms with Gasteiger partial charge < -0.3 is 14.5 Å². The highest BCUT2D eigenvalue weighted by molar-refractivity contribution is 7.89. The van der Waals surface area contributed by atoms with Gasteiger partial charge in [0.05, 0.1) is 5.75 Å². The van der Waals surface area contributed by atoms with Gasteiger partial charge in [-0.15, -0.1) is 8.78 Å². The van der Waals surface area contributed by atoms with Crippen LogP contribution in [0.1, 0.15) is 25.3 Å². The number of rotatable bonds is 5. The molecule has 1 aromatic carbocycles. The number of benzene rings is 1. The van der Waals surface area contributed by atoms with Crippen molar-refractivity contribution in [2.45, 2.75) is 32.1 Å². The highest BCUT2D eigenvalue weighted by Crippen LogP contribution is 2.43. The Hall–Kier alpha value is -3.31. The molecule has 0 unspecified atom stereocenters. The second-order valence-electron chi connectivity index (χ2n) is 8.84. The minimum atomic E-state index is -3.66. The van der Waals surface area contributed by atoms with E-state index in [1.807, 2.05) is 6.07 Å². The van der Waals surface area contributed by atoms with E-state index in [0.29, 0.717) is 24.3 Å². The summed E-state index contributed by atoms with van der Waals surface area (Å²) in [5, 5.41) is 0.860. The summed E-state index contributed by atoms with van der Waals surface area (Å²) >= 11 is 0. The summed E-state index contributed by atoms with van der Waals surface area (Å²) in [6, 6.07) is 7.00. The van der Waals surface area contributed by atoms with Crippen LogP contribution in [-0.2, 0) is 10.0 Å². The Morgan fingerprint density at radius 2 is 1.91 bits per heavy atom. The van der Waals surface area contributed by atoms with E-state index in [0.717, 1.165) is 34.9 Å². The zero-order valence-electron chi connectivity index (χ0n) is 18.9.